The lowest BCUT2D eigenvalue weighted by molar-refractivity contribution is -0.147. The topological polar surface area (TPSA) is 94.9 Å². The summed E-state index contributed by atoms with van der Waals surface area (Å²) < 4.78 is 0. The highest BCUT2D eigenvalue weighted by Gasteiger charge is 2.18. The second-order valence-corrected chi connectivity index (χ2v) is 2.50. The molecule has 0 aliphatic heterocycles. The van der Waals surface area contributed by atoms with Crippen LogP contribution in [-0.2, 0) is 14.4 Å². The first-order valence-electron chi connectivity index (χ1n) is 3.64. The van der Waals surface area contributed by atoms with Gasteiger partial charge in [-0.05, 0) is 6.92 Å². The predicted octanol–water partition coefficient (Wildman–Crippen LogP) is -0.607. The van der Waals surface area contributed by atoms with Gasteiger partial charge in [0.25, 0.3) is 0 Å². The molecule has 0 saturated heterocycles. The molecular weight excluding hydrogens is 178 g/mol. The average molecular weight is 189 g/mol. The number of aliphatic carboxylic acids is 2. The van der Waals surface area contributed by atoms with E-state index < -0.39 is 18.0 Å². The Hall–Kier alpha value is -1.59. The van der Waals surface area contributed by atoms with Crippen LogP contribution >= 0.6 is 0 Å². The summed E-state index contributed by atoms with van der Waals surface area (Å²) in [6.45, 7) is 1.23. The van der Waals surface area contributed by atoms with E-state index in [1.54, 1.807) is 0 Å². The van der Waals surface area contributed by atoms with Crippen LogP contribution in [-0.4, -0.2) is 46.0 Å². The Kier molecular flexibility index (Phi) is 4.50. The summed E-state index contributed by atoms with van der Waals surface area (Å²) in [4.78, 5) is 31.8. The van der Waals surface area contributed by atoms with Crippen molar-refractivity contribution in [1.29, 1.82) is 0 Å². The fourth-order valence-corrected chi connectivity index (χ4v) is 0.704. The van der Waals surface area contributed by atoms with Gasteiger partial charge in [0.05, 0.1) is 6.42 Å². The monoisotopic (exact) mass is 189 g/mol. The maximum absolute atomic E-state index is 10.4. The van der Waals surface area contributed by atoms with E-state index in [4.69, 9.17) is 10.2 Å². The highest BCUT2D eigenvalue weighted by molar-refractivity contribution is 5.76. The van der Waals surface area contributed by atoms with Crippen molar-refractivity contribution in [2.75, 3.05) is 6.54 Å². The van der Waals surface area contributed by atoms with Crippen LogP contribution in [0.4, 0.5) is 0 Å². The Morgan fingerprint density at radius 1 is 1.46 bits per heavy atom. The van der Waals surface area contributed by atoms with Crippen molar-refractivity contribution in [3.63, 3.8) is 0 Å². The first kappa shape index (κ1) is 11.4. The standard InChI is InChI=1S/C7H11NO5/c1-5(7(12)13)8(4-9)3-2-6(10)11/h4-5H,2-3H2,1H3,(H,10,11)(H,12,13)/t5-/m0/s1. The van der Waals surface area contributed by atoms with E-state index in [0.717, 1.165) is 4.90 Å². The van der Waals surface area contributed by atoms with Gasteiger partial charge in [-0.2, -0.15) is 0 Å². The minimum absolute atomic E-state index is 0.0910. The van der Waals surface area contributed by atoms with Crippen molar-refractivity contribution in [3.05, 3.63) is 0 Å². The highest BCUT2D eigenvalue weighted by atomic mass is 16.4. The normalized spacial score (nSPS) is 11.8. The number of nitrogens with zero attached hydrogens (tertiary/aromatic N) is 1. The second kappa shape index (κ2) is 5.13. The summed E-state index contributed by atoms with van der Waals surface area (Å²) >= 11 is 0. The van der Waals surface area contributed by atoms with E-state index in [9.17, 15) is 14.4 Å². The van der Waals surface area contributed by atoms with E-state index in [2.05, 4.69) is 0 Å². The number of carbonyl (C=O) groups excluding carboxylic acids is 1. The number of hydrogen-bond donors (Lipinski definition) is 2. The molecule has 0 aromatic rings. The molecule has 0 aromatic heterocycles. The molecule has 0 aromatic carbocycles. The molecule has 6 heteroatoms. The molecule has 2 N–H and O–H groups in total. The molecular formula is C7H11NO5. The molecule has 0 saturated carbocycles. The van der Waals surface area contributed by atoms with Gasteiger partial charge in [0.15, 0.2) is 0 Å². The third kappa shape index (κ3) is 4.09. The maximum atomic E-state index is 10.4. The van der Waals surface area contributed by atoms with Crippen molar-refractivity contribution in [1.82, 2.24) is 4.90 Å². The summed E-state index contributed by atoms with van der Waals surface area (Å²) in [6.07, 6.45) is 0.0814. The summed E-state index contributed by atoms with van der Waals surface area (Å²) in [6, 6.07) is -0.989. The third-order valence-corrected chi connectivity index (χ3v) is 1.57. The van der Waals surface area contributed by atoms with Crippen LogP contribution in [0.1, 0.15) is 13.3 Å². The smallest absolute Gasteiger partial charge is 0.326 e. The average Bonchev–Trinajstić information content (AvgIpc) is 2.04. The number of carboxylic acid groups (broad SMARTS) is 2. The minimum atomic E-state index is -1.16. The summed E-state index contributed by atoms with van der Waals surface area (Å²) in [5, 5.41) is 16.8. The van der Waals surface area contributed by atoms with Crippen LogP contribution < -0.4 is 0 Å². The predicted molar refractivity (Wildman–Crippen MR) is 42.1 cm³/mol. The molecule has 1 amide bonds. The molecule has 74 valence electrons. The van der Waals surface area contributed by atoms with Gasteiger partial charge in [-0.3, -0.25) is 9.59 Å². The van der Waals surface area contributed by atoms with Crippen molar-refractivity contribution < 1.29 is 24.6 Å². The van der Waals surface area contributed by atoms with Crippen molar-refractivity contribution >= 4 is 18.3 Å². The van der Waals surface area contributed by atoms with Gasteiger partial charge in [-0.15, -0.1) is 0 Å². The first-order chi connectivity index (χ1) is 5.99. The molecule has 0 spiro atoms. The van der Waals surface area contributed by atoms with Gasteiger partial charge in [0.1, 0.15) is 6.04 Å². The number of carboxylic acids is 2. The van der Waals surface area contributed by atoms with Crippen molar-refractivity contribution in [3.8, 4) is 0 Å². The molecule has 0 aliphatic rings. The Labute approximate surface area is 74.8 Å². The van der Waals surface area contributed by atoms with Gasteiger partial charge in [0.2, 0.25) is 6.41 Å². The zero-order chi connectivity index (χ0) is 10.4. The van der Waals surface area contributed by atoms with Crippen LogP contribution in [0.3, 0.4) is 0 Å². The number of carbonyl (C=O) groups is 3. The first-order valence-corrected chi connectivity index (χ1v) is 3.64. The van der Waals surface area contributed by atoms with E-state index in [-0.39, 0.29) is 13.0 Å². The molecule has 0 radical (unpaired) electrons. The highest BCUT2D eigenvalue weighted by Crippen LogP contribution is 1.97. The van der Waals surface area contributed by atoms with Crippen LogP contribution in [0, 0.1) is 0 Å². The number of hydrogen-bond acceptors (Lipinski definition) is 3. The van der Waals surface area contributed by atoms with E-state index >= 15 is 0 Å². The lowest BCUT2D eigenvalue weighted by atomic mass is 10.3. The van der Waals surface area contributed by atoms with Crippen LogP contribution in [0.2, 0.25) is 0 Å². The largest absolute Gasteiger partial charge is 0.481 e. The zero-order valence-electron chi connectivity index (χ0n) is 7.14. The van der Waals surface area contributed by atoms with E-state index in [1.165, 1.54) is 6.92 Å². The Morgan fingerprint density at radius 3 is 2.31 bits per heavy atom. The SMILES string of the molecule is C[C@@H](C(=O)O)N(C=O)CCC(=O)O. The van der Waals surface area contributed by atoms with E-state index in [0.29, 0.717) is 6.41 Å². The molecule has 1 atom stereocenters. The van der Waals surface area contributed by atoms with Crippen molar-refractivity contribution in [2.24, 2.45) is 0 Å². The molecule has 0 rings (SSSR count). The van der Waals surface area contributed by atoms with Gasteiger partial charge in [-0.25, -0.2) is 4.79 Å². The lowest BCUT2D eigenvalue weighted by Crippen LogP contribution is -2.39. The summed E-state index contributed by atoms with van der Waals surface area (Å²) in [7, 11) is 0. The molecule has 0 fully saturated rings. The van der Waals surface area contributed by atoms with E-state index in [1.807, 2.05) is 0 Å². The maximum Gasteiger partial charge on any atom is 0.326 e. The fraction of sp³-hybridized carbons (Fsp3) is 0.571. The Balaban J connectivity index is 4.09. The number of amides is 1. The molecule has 0 heterocycles. The Bertz CT molecular complexity index is 215. The Morgan fingerprint density at radius 2 is 2.00 bits per heavy atom. The second-order valence-electron chi connectivity index (χ2n) is 2.50. The summed E-state index contributed by atoms with van der Waals surface area (Å²) in [5.74, 6) is -2.22. The molecule has 0 aliphatic carbocycles. The van der Waals surface area contributed by atoms with Crippen LogP contribution in [0.15, 0.2) is 0 Å². The number of rotatable bonds is 6. The van der Waals surface area contributed by atoms with Gasteiger partial charge in [-0.1, -0.05) is 0 Å². The fourth-order valence-electron chi connectivity index (χ4n) is 0.704. The quantitative estimate of drug-likeness (QED) is 0.543. The van der Waals surface area contributed by atoms with Crippen molar-refractivity contribution in [2.45, 2.75) is 19.4 Å². The molecule has 0 unspecified atom stereocenters. The third-order valence-electron chi connectivity index (χ3n) is 1.57. The van der Waals surface area contributed by atoms with Crippen LogP contribution in [0.25, 0.3) is 0 Å². The van der Waals surface area contributed by atoms with Gasteiger partial charge < -0.3 is 15.1 Å². The van der Waals surface area contributed by atoms with Crippen LogP contribution in [0.5, 0.6) is 0 Å². The van der Waals surface area contributed by atoms with Gasteiger partial charge >= 0.3 is 11.9 Å². The molecule has 0 bridgehead atoms. The molecule has 6 nitrogen and oxygen atoms in total. The lowest BCUT2D eigenvalue weighted by Gasteiger charge is -2.20. The molecule has 13 heavy (non-hydrogen) atoms. The van der Waals surface area contributed by atoms with Gasteiger partial charge in [0, 0.05) is 6.54 Å². The summed E-state index contributed by atoms with van der Waals surface area (Å²) in [5.41, 5.74) is 0. The minimum Gasteiger partial charge on any atom is -0.481 e. The zero-order valence-corrected chi connectivity index (χ0v) is 7.14.